The Hall–Kier alpha value is -1.68. The van der Waals surface area contributed by atoms with Crippen molar-refractivity contribution >= 4 is 0 Å². The Kier molecular flexibility index (Phi) is 2.75. The molecule has 1 aromatic heterocycles. The predicted molar refractivity (Wildman–Crippen MR) is 55.8 cm³/mol. The van der Waals surface area contributed by atoms with Crippen LogP contribution in [0.15, 0.2) is 35.1 Å². The molecule has 1 heterocycles. The molecule has 2 rings (SSSR count). The molecule has 0 aliphatic heterocycles. The summed E-state index contributed by atoms with van der Waals surface area (Å²) < 4.78 is 31.8. The van der Waals surface area contributed by atoms with Crippen LogP contribution < -0.4 is 5.73 Å². The van der Waals surface area contributed by atoms with Crippen LogP contribution in [0.2, 0.25) is 0 Å². The van der Waals surface area contributed by atoms with Crippen LogP contribution >= 0.6 is 0 Å². The molecule has 1 aromatic carbocycles. The fourth-order valence-corrected chi connectivity index (χ4v) is 1.53. The second kappa shape index (κ2) is 4.06. The molecule has 0 saturated heterocycles. The van der Waals surface area contributed by atoms with Gasteiger partial charge in [0.2, 0.25) is 0 Å². The van der Waals surface area contributed by atoms with Crippen molar-refractivity contribution in [3.8, 4) is 0 Å². The number of benzene rings is 1. The highest BCUT2D eigenvalue weighted by Gasteiger charge is 2.16. The number of aryl methyl sites for hydroxylation is 1. The van der Waals surface area contributed by atoms with Crippen LogP contribution in [0.3, 0.4) is 0 Å². The maximum Gasteiger partial charge on any atom is 0.128 e. The molecule has 0 radical (unpaired) electrons. The van der Waals surface area contributed by atoms with Crippen molar-refractivity contribution in [2.75, 3.05) is 0 Å². The molecule has 1 atom stereocenters. The van der Waals surface area contributed by atoms with E-state index in [1.165, 1.54) is 19.5 Å². The van der Waals surface area contributed by atoms with Crippen molar-refractivity contribution in [2.24, 2.45) is 5.73 Å². The minimum atomic E-state index is -0.714. The summed E-state index contributed by atoms with van der Waals surface area (Å²) in [5, 5.41) is 0. The fraction of sp³-hybridized carbons (Fsp3) is 0.167. The number of hydrogen-bond donors (Lipinski definition) is 1. The Balaban J connectivity index is 2.44. The molecule has 0 spiro atoms. The third-order valence-electron chi connectivity index (χ3n) is 2.52. The van der Waals surface area contributed by atoms with E-state index >= 15 is 0 Å². The van der Waals surface area contributed by atoms with Gasteiger partial charge in [0, 0.05) is 11.1 Å². The normalized spacial score (nSPS) is 12.8. The van der Waals surface area contributed by atoms with Crippen LogP contribution in [0.1, 0.15) is 22.7 Å². The van der Waals surface area contributed by atoms with Gasteiger partial charge in [-0.2, -0.15) is 0 Å². The van der Waals surface area contributed by atoms with Crippen LogP contribution in [0, 0.1) is 18.6 Å². The van der Waals surface area contributed by atoms with E-state index in [1.54, 1.807) is 6.07 Å². The Morgan fingerprint density at radius 2 is 2.00 bits per heavy atom. The van der Waals surface area contributed by atoms with Crippen molar-refractivity contribution in [3.05, 3.63) is 59.1 Å². The Bertz CT molecular complexity index is 494. The van der Waals surface area contributed by atoms with E-state index in [1.807, 2.05) is 0 Å². The molecule has 0 bridgehead atoms. The van der Waals surface area contributed by atoms with E-state index in [9.17, 15) is 8.78 Å². The van der Waals surface area contributed by atoms with Crippen LogP contribution in [-0.4, -0.2) is 0 Å². The van der Waals surface area contributed by atoms with Crippen LogP contribution in [0.4, 0.5) is 8.78 Å². The van der Waals surface area contributed by atoms with E-state index in [4.69, 9.17) is 10.2 Å². The zero-order valence-electron chi connectivity index (χ0n) is 8.71. The first-order chi connectivity index (χ1) is 7.59. The largest absolute Gasteiger partial charge is 0.472 e. The molecule has 0 fully saturated rings. The Morgan fingerprint density at radius 3 is 2.62 bits per heavy atom. The summed E-state index contributed by atoms with van der Waals surface area (Å²) >= 11 is 0. The SMILES string of the molecule is Cc1cc(F)c(C(N)c2ccoc2)cc1F. The van der Waals surface area contributed by atoms with Gasteiger partial charge in [-0.25, -0.2) is 8.78 Å². The molecule has 4 heteroatoms. The van der Waals surface area contributed by atoms with Crippen molar-refractivity contribution in [1.82, 2.24) is 0 Å². The molecule has 0 amide bonds. The standard InChI is InChI=1S/C12H11F2NO/c1-7-4-11(14)9(5-10(7)13)12(15)8-2-3-16-6-8/h2-6,12H,15H2,1H3. The summed E-state index contributed by atoms with van der Waals surface area (Å²) in [7, 11) is 0. The van der Waals surface area contributed by atoms with Crippen LogP contribution in [0.25, 0.3) is 0 Å². The van der Waals surface area contributed by atoms with Crippen LogP contribution in [0.5, 0.6) is 0 Å². The average molecular weight is 223 g/mol. The van der Waals surface area contributed by atoms with E-state index in [0.717, 1.165) is 12.1 Å². The summed E-state index contributed by atoms with van der Waals surface area (Å²) in [6.07, 6.45) is 2.86. The number of nitrogens with two attached hydrogens (primary N) is 1. The van der Waals surface area contributed by atoms with E-state index in [0.29, 0.717) is 5.56 Å². The molecule has 0 saturated carbocycles. The van der Waals surface area contributed by atoms with Gasteiger partial charge >= 0.3 is 0 Å². The van der Waals surface area contributed by atoms with Crippen molar-refractivity contribution in [2.45, 2.75) is 13.0 Å². The number of rotatable bonds is 2. The smallest absolute Gasteiger partial charge is 0.128 e. The van der Waals surface area contributed by atoms with E-state index in [2.05, 4.69) is 0 Å². The van der Waals surface area contributed by atoms with E-state index in [-0.39, 0.29) is 11.1 Å². The zero-order valence-corrected chi connectivity index (χ0v) is 8.71. The maximum atomic E-state index is 13.6. The van der Waals surface area contributed by atoms with Gasteiger partial charge in [-0.1, -0.05) is 0 Å². The van der Waals surface area contributed by atoms with Gasteiger partial charge in [0.05, 0.1) is 18.6 Å². The van der Waals surface area contributed by atoms with Gasteiger partial charge in [-0.05, 0) is 30.7 Å². The lowest BCUT2D eigenvalue weighted by Crippen LogP contribution is -2.13. The Labute approximate surface area is 91.7 Å². The average Bonchev–Trinajstić information content (AvgIpc) is 2.75. The van der Waals surface area contributed by atoms with E-state index < -0.39 is 17.7 Å². The summed E-state index contributed by atoms with van der Waals surface area (Å²) in [5.74, 6) is -0.969. The first kappa shape index (κ1) is 10.8. The number of hydrogen-bond acceptors (Lipinski definition) is 2. The third-order valence-corrected chi connectivity index (χ3v) is 2.52. The van der Waals surface area contributed by atoms with Crippen molar-refractivity contribution in [3.63, 3.8) is 0 Å². The summed E-state index contributed by atoms with van der Waals surface area (Å²) in [4.78, 5) is 0. The second-order valence-electron chi connectivity index (χ2n) is 3.66. The number of furan rings is 1. The quantitative estimate of drug-likeness (QED) is 0.850. The molecule has 1 unspecified atom stereocenters. The highest BCUT2D eigenvalue weighted by Crippen LogP contribution is 2.24. The lowest BCUT2D eigenvalue weighted by atomic mass is 10.00. The monoisotopic (exact) mass is 223 g/mol. The molecule has 84 valence electrons. The molecular formula is C12H11F2NO. The van der Waals surface area contributed by atoms with Crippen molar-refractivity contribution in [1.29, 1.82) is 0 Å². The maximum absolute atomic E-state index is 13.6. The van der Waals surface area contributed by atoms with Gasteiger partial charge in [0.15, 0.2) is 0 Å². The zero-order chi connectivity index (χ0) is 11.7. The van der Waals surface area contributed by atoms with Gasteiger partial charge in [-0.3, -0.25) is 0 Å². The minimum absolute atomic E-state index is 0.129. The highest BCUT2D eigenvalue weighted by atomic mass is 19.1. The molecule has 16 heavy (non-hydrogen) atoms. The first-order valence-corrected chi connectivity index (χ1v) is 4.83. The lowest BCUT2D eigenvalue weighted by Gasteiger charge is -2.12. The molecule has 0 aliphatic rings. The highest BCUT2D eigenvalue weighted by molar-refractivity contribution is 5.33. The summed E-state index contributed by atoms with van der Waals surface area (Å²) in [6, 6.07) is 3.18. The second-order valence-corrected chi connectivity index (χ2v) is 3.66. The van der Waals surface area contributed by atoms with Crippen LogP contribution in [-0.2, 0) is 0 Å². The van der Waals surface area contributed by atoms with Gasteiger partial charge in [0.25, 0.3) is 0 Å². The molecule has 2 nitrogen and oxygen atoms in total. The molecular weight excluding hydrogens is 212 g/mol. The topological polar surface area (TPSA) is 39.2 Å². The summed E-state index contributed by atoms with van der Waals surface area (Å²) in [6.45, 7) is 1.51. The first-order valence-electron chi connectivity index (χ1n) is 4.83. The minimum Gasteiger partial charge on any atom is -0.472 e. The molecule has 2 N–H and O–H groups in total. The third kappa shape index (κ3) is 1.84. The van der Waals surface area contributed by atoms with Gasteiger partial charge in [0.1, 0.15) is 11.6 Å². The Morgan fingerprint density at radius 1 is 1.25 bits per heavy atom. The van der Waals surface area contributed by atoms with Crippen molar-refractivity contribution < 1.29 is 13.2 Å². The van der Waals surface area contributed by atoms with Gasteiger partial charge < -0.3 is 10.2 Å². The summed E-state index contributed by atoms with van der Waals surface area (Å²) in [5.41, 5.74) is 6.82. The lowest BCUT2D eigenvalue weighted by molar-refractivity contribution is 0.554. The number of halogens is 2. The van der Waals surface area contributed by atoms with Gasteiger partial charge in [-0.15, -0.1) is 0 Å². The predicted octanol–water partition coefficient (Wildman–Crippen LogP) is 2.91. The fourth-order valence-electron chi connectivity index (χ4n) is 1.53. The molecule has 0 aliphatic carbocycles. The molecule has 2 aromatic rings.